The standard InChI is InChI=1S/C16H19FN2O2/c17-15-12(9-18)2-1-3-13(15)10-20-14-8-16(21-11-14)4-6-19-7-5-16/h1-3,14,19H,4-8,10-11H2. The number of nitrogens with one attached hydrogen (secondary N) is 1. The maximum absolute atomic E-state index is 14.0. The van der Waals surface area contributed by atoms with Crippen LogP contribution < -0.4 is 5.32 Å². The van der Waals surface area contributed by atoms with Crippen LogP contribution in [0.2, 0.25) is 0 Å². The van der Waals surface area contributed by atoms with E-state index in [0.717, 1.165) is 32.4 Å². The average molecular weight is 290 g/mol. The minimum absolute atomic E-state index is 0.00763. The zero-order valence-corrected chi connectivity index (χ0v) is 11.9. The van der Waals surface area contributed by atoms with Crippen molar-refractivity contribution in [1.82, 2.24) is 5.32 Å². The molecule has 0 bridgehead atoms. The molecule has 0 aliphatic carbocycles. The maximum atomic E-state index is 14.0. The van der Waals surface area contributed by atoms with Gasteiger partial charge in [0.1, 0.15) is 11.9 Å². The van der Waals surface area contributed by atoms with Crippen molar-refractivity contribution in [2.45, 2.75) is 37.6 Å². The number of piperidine rings is 1. The lowest BCUT2D eigenvalue weighted by Gasteiger charge is -2.32. The van der Waals surface area contributed by atoms with Crippen molar-refractivity contribution in [2.75, 3.05) is 19.7 Å². The van der Waals surface area contributed by atoms with E-state index in [2.05, 4.69) is 5.32 Å². The van der Waals surface area contributed by atoms with Gasteiger partial charge >= 0.3 is 0 Å². The highest BCUT2D eigenvalue weighted by Gasteiger charge is 2.41. The quantitative estimate of drug-likeness (QED) is 0.926. The summed E-state index contributed by atoms with van der Waals surface area (Å²) in [5.41, 5.74) is 0.442. The molecule has 1 spiro atoms. The number of rotatable bonds is 3. The van der Waals surface area contributed by atoms with Gasteiger partial charge in [-0.15, -0.1) is 0 Å². The van der Waals surface area contributed by atoms with E-state index in [1.54, 1.807) is 12.1 Å². The Labute approximate surface area is 123 Å². The molecular weight excluding hydrogens is 271 g/mol. The van der Waals surface area contributed by atoms with Gasteiger partial charge in [-0.05, 0) is 32.0 Å². The van der Waals surface area contributed by atoms with Gasteiger partial charge in [-0.3, -0.25) is 0 Å². The zero-order chi connectivity index (χ0) is 14.7. The van der Waals surface area contributed by atoms with E-state index in [4.69, 9.17) is 14.7 Å². The number of halogens is 1. The third kappa shape index (κ3) is 3.08. The van der Waals surface area contributed by atoms with Gasteiger partial charge in [0.15, 0.2) is 0 Å². The molecule has 2 aliphatic heterocycles. The fourth-order valence-corrected chi connectivity index (χ4v) is 3.13. The summed E-state index contributed by atoms with van der Waals surface area (Å²) in [4.78, 5) is 0. The summed E-state index contributed by atoms with van der Waals surface area (Å²) in [5.74, 6) is -0.476. The Kier molecular flexibility index (Phi) is 4.20. The first-order valence-electron chi connectivity index (χ1n) is 7.36. The van der Waals surface area contributed by atoms with Crippen molar-refractivity contribution >= 4 is 0 Å². The number of hydrogen-bond acceptors (Lipinski definition) is 4. The largest absolute Gasteiger partial charge is 0.372 e. The molecule has 2 saturated heterocycles. The van der Waals surface area contributed by atoms with Crippen molar-refractivity contribution in [3.63, 3.8) is 0 Å². The fraction of sp³-hybridized carbons (Fsp3) is 0.562. The van der Waals surface area contributed by atoms with E-state index in [-0.39, 0.29) is 23.9 Å². The molecule has 0 radical (unpaired) electrons. The van der Waals surface area contributed by atoms with E-state index < -0.39 is 5.82 Å². The number of nitrogens with zero attached hydrogens (tertiary/aromatic N) is 1. The predicted molar refractivity (Wildman–Crippen MR) is 75.1 cm³/mol. The smallest absolute Gasteiger partial charge is 0.146 e. The van der Waals surface area contributed by atoms with Gasteiger partial charge in [-0.25, -0.2) is 4.39 Å². The third-order valence-electron chi connectivity index (χ3n) is 4.36. The van der Waals surface area contributed by atoms with Gasteiger partial charge in [0.25, 0.3) is 0 Å². The molecule has 1 N–H and O–H groups in total. The Bertz CT molecular complexity index is 550. The molecule has 112 valence electrons. The molecule has 0 saturated carbocycles. The van der Waals surface area contributed by atoms with Gasteiger partial charge in [0.05, 0.1) is 30.5 Å². The third-order valence-corrected chi connectivity index (χ3v) is 4.36. The Morgan fingerprint density at radius 2 is 2.24 bits per heavy atom. The Hall–Kier alpha value is -1.48. The van der Waals surface area contributed by atoms with Crippen LogP contribution in [-0.2, 0) is 16.1 Å². The fourth-order valence-electron chi connectivity index (χ4n) is 3.13. The van der Waals surface area contributed by atoms with E-state index in [9.17, 15) is 4.39 Å². The molecule has 21 heavy (non-hydrogen) atoms. The molecule has 4 nitrogen and oxygen atoms in total. The van der Waals surface area contributed by atoms with E-state index in [1.165, 1.54) is 6.07 Å². The van der Waals surface area contributed by atoms with Crippen LogP contribution in [0.25, 0.3) is 0 Å². The molecule has 0 aromatic heterocycles. The second kappa shape index (κ2) is 6.10. The van der Waals surface area contributed by atoms with E-state index in [0.29, 0.717) is 12.2 Å². The van der Waals surface area contributed by atoms with Crippen LogP contribution in [0.1, 0.15) is 30.4 Å². The van der Waals surface area contributed by atoms with Crippen LogP contribution in [0.5, 0.6) is 0 Å². The monoisotopic (exact) mass is 290 g/mol. The molecule has 1 aromatic rings. The van der Waals surface area contributed by atoms with Gasteiger partial charge in [-0.1, -0.05) is 12.1 Å². The molecule has 2 aliphatic rings. The lowest BCUT2D eigenvalue weighted by atomic mass is 9.89. The Balaban J connectivity index is 1.58. The SMILES string of the molecule is N#Cc1cccc(COC2COC3(CCNCC3)C2)c1F. The molecule has 2 heterocycles. The molecule has 1 aromatic carbocycles. The summed E-state index contributed by atoms with van der Waals surface area (Å²) in [6, 6.07) is 6.66. The topological polar surface area (TPSA) is 54.3 Å². The van der Waals surface area contributed by atoms with Crippen LogP contribution in [-0.4, -0.2) is 31.4 Å². The Morgan fingerprint density at radius 1 is 1.43 bits per heavy atom. The molecule has 1 atom stereocenters. The molecule has 1 unspecified atom stereocenters. The second-order valence-electron chi connectivity index (χ2n) is 5.77. The molecule has 3 rings (SSSR count). The van der Waals surface area contributed by atoms with E-state index >= 15 is 0 Å². The highest BCUT2D eigenvalue weighted by Crippen LogP contribution is 2.35. The molecular formula is C16H19FN2O2. The zero-order valence-electron chi connectivity index (χ0n) is 11.9. The van der Waals surface area contributed by atoms with Gasteiger partial charge in [-0.2, -0.15) is 5.26 Å². The summed E-state index contributed by atoms with van der Waals surface area (Å²) in [5, 5.41) is 12.2. The minimum Gasteiger partial charge on any atom is -0.372 e. The highest BCUT2D eigenvalue weighted by molar-refractivity contribution is 5.34. The van der Waals surface area contributed by atoms with Crippen molar-refractivity contribution in [3.05, 3.63) is 35.1 Å². The number of hydrogen-bond donors (Lipinski definition) is 1. The first-order valence-corrected chi connectivity index (χ1v) is 7.36. The summed E-state index contributed by atoms with van der Waals surface area (Å²) in [6.07, 6.45) is 2.89. The van der Waals surface area contributed by atoms with Crippen LogP contribution in [0.4, 0.5) is 4.39 Å². The van der Waals surface area contributed by atoms with Crippen LogP contribution in [0.15, 0.2) is 18.2 Å². The normalized spacial score (nSPS) is 24.1. The van der Waals surface area contributed by atoms with Crippen molar-refractivity contribution in [3.8, 4) is 6.07 Å². The molecule has 5 heteroatoms. The Morgan fingerprint density at radius 3 is 3.00 bits per heavy atom. The number of nitriles is 1. The molecule has 2 fully saturated rings. The number of benzene rings is 1. The van der Waals surface area contributed by atoms with Crippen LogP contribution in [0, 0.1) is 17.1 Å². The average Bonchev–Trinajstić information content (AvgIpc) is 2.90. The van der Waals surface area contributed by atoms with Crippen molar-refractivity contribution in [1.29, 1.82) is 5.26 Å². The minimum atomic E-state index is -0.476. The molecule has 0 amide bonds. The van der Waals surface area contributed by atoms with Crippen LogP contribution >= 0.6 is 0 Å². The first-order chi connectivity index (χ1) is 10.2. The summed E-state index contributed by atoms with van der Waals surface area (Å²) in [7, 11) is 0. The second-order valence-corrected chi connectivity index (χ2v) is 5.77. The lowest BCUT2D eigenvalue weighted by molar-refractivity contribution is -0.0241. The predicted octanol–water partition coefficient (Wildman–Crippen LogP) is 2.13. The van der Waals surface area contributed by atoms with Gasteiger partial charge in [0, 0.05) is 12.0 Å². The van der Waals surface area contributed by atoms with Crippen LogP contribution in [0.3, 0.4) is 0 Å². The van der Waals surface area contributed by atoms with Crippen molar-refractivity contribution in [2.24, 2.45) is 0 Å². The van der Waals surface area contributed by atoms with Gasteiger partial charge in [0.2, 0.25) is 0 Å². The highest BCUT2D eigenvalue weighted by atomic mass is 19.1. The maximum Gasteiger partial charge on any atom is 0.146 e. The summed E-state index contributed by atoms with van der Waals surface area (Å²) >= 11 is 0. The summed E-state index contributed by atoms with van der Waals surface area (Å²) < 4.78 is 25.7. The van der Waals surface area contributed by atoms with Gasteiger partial charge < -0.3 is 14.8 Å². The number of ether oxygens (including phenoxy) is 2. The lowest BCUT2D eigenvalue weighted by Crippen LogP contribution is -2.41. The van der Waals surface area contributed by atoms with E-state index in [1.807, 2.05) is 6.07 Å². The van der Waals surface area contributed by atoms with Crippen molar-refractivity contribution < 1.29 is 13.9 Å². The summed E-state index contributed by atoms with van der Waals surface area (Å²) in [6.45, 7) is 2.71. The first kappa shape index (κ1) is 14.5.